The zero-order valence-electron chi connectivity index (χ0n) is 15.1. The zero-order chi connectivity index (χ0) is 19.5. The normalized spacial score (nSPS) is 11.0. The Balaban J connectivity index is 1.34. The van der Waals surface area contributed by atoms with Crippen molar-refractivity contribution >= 4 is 16.8 Å². The lowest BCUT2D eigenvalue weighted by molar-refractivity contribution is -0.121. The minimum absolute atomic E-state index is 0.108. The molecule has 0 fully saturated rings. The standard InChI is InChI=1S/C18H17N7O3/c1-24-10-12(8-21-24)17-22-16(28-23-17)9-19-15(26)6-7-25-11-20-14-5-3-2-4-13(14)18(25)27/h2-5,8,10-11H,6-7,9H2,1H3,(H,19,26). The molecule has 3 aromatic heterocycles. The van der Waals surface area contributed by atoms with E-state index in [1.807, 2.05) is 6.07 Å². The Morgan fingerprint density at radius 1 is 1.29 bits per heavy atom. The summed E-state index contributed by atoms with van der Waals surface area (Å²) in [7, 11) is 1.79. The first-order valence-electron chi connectivity index (χ1n) is 8.62. The van der Waals surface area contributed by atoms with E-state index in [2.05, 4.69) is 25.5 Å². The van der Waals surface area contributed by atoms with E-state index < -0.39 is 0 Å². The number of para-hydroxylation sites is 1. The van der Waals surface area contributed by atoms with E-state index in [1.54, 1.807) is 42.3 Å². The van der Waals surface area contributed by atoms with Crippen molar-refractivity contribution in [1.82, 2.24) is 34.8 Å². The fourth-order valence-corrected chi connectivity index (χ4v) is 2.73. The van der Waals surface area contributed by atoms with Crippen molar-refractivity contribution in [3.8, 4) is 11.4 Å². The van der Waals surface area contributed by atoms with Gasteiger partial charge in [-0.05, 0) is 12.1 Å². The van der Waals surface area contributed by atoms with E-state index in [0.29, 0.717) is 16.7 Å². The Kier molecular flexibility index (Phi) is 4.67. The molecule has 3 heterocycles. The van der Waals surface area contributed by atoms with E-state index in [-0.39, 0.29) is 36.9 Å². The van der Waals surface area contributed by atoms with Crippen LogP contribution in [0.5, 0.6) is 0 Å². The second kappa shape index (κ2) is 7.43. The average molecular weight is 379 g/mol. The highest BCUT2D eigenvalue weighted by atomic mass is 16.5. The SMILES string of the molecule is Cn1cc(-c2noc(CNC(=O)CCn3cnc4ccccc4c3=O)n2)cn1. The molecular formula is C18H17N7O3. The first-order valence-corrected chi connectivity index (χ1v) is 8.62. The van der Waals surface area contributed by atoms with Crippen LogP contribution in [-0.4, -0.2) is 35.4 Å². The summed E-state index contributed by atoms with van der Waals surface area (Å²) >= 11 is 0. The smallest absolute Gasteiger partial charge is 0.261 e. The first kappa shape index (κ1) is 17.6. The van der Waals surface area contributed by atoms with Gasteiger partial charge in [-0.25, -0.2) is 4.98 Å². The van der Waals surface area contributed by atoms with Crippen molar-refractivity contribution < 1.29 is 9.32 Å². The van der Waals surface area contributed by atoms with Gasteiger partial charge in [0.25, 0.3) is 5.56 Å². The van der Waals surface area contributed by atoms with E-state index in [1.165, 1.54) is 10.9 Å². The van der Waals surface area contributed by atoms with Gasteiger partial charge < -0.3 is 9.84 Å². The maximum absolute atomic E-state index is 12.4. The fourth-order valence-electron chi connectivity index (χ4n) is 2.73. The van der Waals surface area contributed by atoms with Crippen molar-refractivity contribution in [2.24, 2.45) is 7.05 Å². The van der Waals surface area contributed by atoms with Gasteiger partial charge in [-0.15, -0.1) is 0 Å². The topological polar surface area (TPSA) is 121 Å². The van der Waals surface area contributed by atoms with Crippen LogP contribution in [0.4, 0.5) is 0 Å². The number of carbonyl (C=O) groups excluding carboxylic acids is 1. The second-order valence-electron chi connectivity index (χ2n) is 6.20. The van der Waals surface area contributed by atoms with Crippen LogP contribution >= 0.6 is 0 Å². The molecule has 28 heavy (non-hydrogen) atoms. The Bertz CT molecular complexity index is 1190. The minimum atomic E-state index is -0.235. The predicted molar refractivity (Wildman–Crippen MR) is 99.0 cm³/mol. The molecule has 4 aromatic rings. The summed E-state index contributed by atoms with van der Waals surface area (Å²) in [4.78, 5) is 33.0. The largest absolute Gasteiger partial charge is 0.347 e. The predicted octanol–water partition coefficient (Wildman–Crippen LogP) is 0.886. The highest BCUT2D eigenvalue weighted by Gasteiger charge is 2.12. The average Bonchev–Trinajstić information content (AvgIpc) is 3.35. The lowest BCUT2D eigenvalue weighted by Crippen LogP contribution is -2.27. The Hall–Kier alpha value is -3.82. The van der Waals surface area contributed by atoms with Gasteiger partial charge in [0.1, 0.15) is 0 Å². The maximum atomic E-state index is 12.4. The first-order chi connectivity index (χ1) is 13.6. The lowest BCUT2D eigenvalue weighted by Gasteiger charge is -2.06. The quantitative estimate of drug-likeness (QED) is 0.528. The molecule has 1 aromatic carbocycles. The Labute approximate surface area is 158 Å². The van der Waals surface area contributed by atoms with Crippen molar-refractivity contribution in [3.63, 3.8) is 0 Å². The van der Waals surface area contributed by atoms with E-state index >= 15 is 0 Å². The number of amides is 1. The molecule has 4 rings (SSSR count). The van der Waals surface area contributed by atoms with Crippen LogP contribution in [0.3, 0.4) is 0 Å². The molecule has 1 amide bonds. The molecule has 10 heteroatoms. The lowest BCUT2D eigenvalue weighted by atomic mass is 10.2. The molecule has 0 saturated heterocycles. The fraction of sp³-hybridized carbons (Fsp3) is 0.222. The number of carbonyl (C=O) groups is 1. The second-order valence-corrected chi connectivity index (χ2v) is 6.20. The van der Waals surface area contributed by atoms with Gasteiger partial charge in [0.2, 0.25) is 17.6 Å². The van der Waals surface area contributed by atoms with Crippen molar-refractivity contribution in [2.45, 2.75) is 19.5 Å². The summed E-state index contributed by atoms with van der Waals surface area (Å²) in [6, 6.07) is 7.10. The number of benzene rings is 1. The number of aromatic nitrogens is 6. The van der Waals surface area contributed by atoms with Gasteiger partial charge in [0, 0.05) is 26.2 Å². The molecule has 0 spiro atoms. The maximum Gasteiger partial charge on any atom is 0.261 e. The number of nitrogens with zero attached hydrogens (tertiary/aromatic N) is 6. The van der Waals surface area contributed by atoms with Crippen molar-refractivity contribution in [1.29, 1.82) is 0 Å². The van der Waals surface area contributed by atoms with E-state index in [4.69, 9.17) is 4.52 Å². The zero-order valence-corrected chi connectivity index (χ0v) is 15.1. The number of hydrogen-bond acceptors (Lipinski definition) is 7. The molecule has 142 valence electrons. The molecule has 0 aliphatic carbocycles. The van der Waals surface area contributed by atoms with Gasteiger partial charge >= 0.3 is 0 Å². The van der Waals surface area contributed by atoms with Crippen LogP contribution in [0.2, 0.25) is 0 Å². The third kappa shape index (κ3) is 3.65. The summed E-state index contributed by atoms with van der Waals surface area (Å²) < 4.78 is 8.19. The Morgan fingerprint density at radius 3 is 2.96 bits per heavy atom. The van der Waals surface area contributed by atoms with Crippen LogP contribution in [0.15, 0.2) is 52.3 Å². The van der Waals surface area contributed by atoms with E-state index in [0.717, 1.165) is 5.56 Å². The van der Waals surface area contributed by atoms with Crippen LogP contribution in [0.1, 0.15) is 12.3 Å². The molecule has 0 unspecified atom stereocenters. The third-order valence-corrected chi connectivity index (χ3v) is 4.18. The number of hydrogen-bond donors (Lipinski definition) is 1. The summed E-state index contributed by atoms with van der Waals surface area (Å²) in [5, 5.41) is 11.1. The molecular weight excluding hydrogens is 362 g/mol. The summed E-state index contributed by atoms with van der Waals surface area (Å²) in [6.07, 6.45) is 4.98. The molecule has 0 atom stereocenters. The van der Waals surface area contributed by atoms with Gasteiger partial charge in [0.05, 0.1) is 35.5 Å². The monoisotopic (exact) mass is 379 g/mol. The molecule has 0 radical (unpaired) electrons. The summed E-state index contributed by atoms with van der Waals surface area (Å²) in [6.45, 7) is 0.338. The van der Waals surface area contributed by atoms with Gasteiger partial charge in [0.15, 0.2) is 0 Å². The van der Waals surface area contributed by atoms with Crippen LogP contribution in [-0.2, 0) is 24.9 Å². The molecule has 10 nitrogen and oxygen atoms in total. The van der Waals surface area contributed by atoms with Crippen molar-refractivity contribution in [3.05, 3.63) is 59.2 Å². The molecule has 1 N–H and O–H groups in total. The number of rotatable bonds is 6. The summed E-state index contributed by atoms with van der Waals surface area (Å²) in [5.74, 6) is 0.462. The minimum Gasteiger partial charge on any atom is -0.347 e. The molecule has 0 saturated carbocycles. The van der Waals surface area contributed by atoms with Crippen LogP contribution in [0.25, 0.3) is 22.3 Å². The van der Waals surface area contributed by atoms with Gasteiger partial charge in [-0.2, -0.15) is 10.1 Å². The highest BCUT2D eigenvalue weighted by molar-refractivity contribution is 5.77. The summed E-state index contributed by atoms with van der Waals surface area (Å²) in [5.41, 5.74) is 1.19. The number of fused-ring (bicyclic) bond motifs is 1. The molecule has 0 aliphatic rings. The van der Waals surface area contributed by atoms with Gasteiger partial charge in [-0.3, -0.25) is 18.8 Å². The Morgan fingerprint density at radius 2 is 2.14 bits per heavy atom. The van der Waals surface area contributed by atoms with Gasteiger partial charge in [-0.1, -0.05) is 17.3 Å². The highest BCUT2D eigenvalue weighted by Crippen LogP contribution is 2.13. The van der Waals surface area contributed by atoms with Crippen LogP contribution < -0.4 is 10.9 Å². The third-order valence-electron chi connectivity index (χ3n) is 4.18. The molecule has 0 aliphatic heterocycles. The number of aryl methyl sites for hydroxylation is 2. The molecule has 0 bridgehead atoms. The van der Waals surface area contributed by atoms with E-state index in [9.17, 15) is 9.59 Å². The van der Waals surface area contributed by atoms with Crippen LogP contribution in [0, 0.1) is 0 Å². The number of nitrogens with one attached hydrogen (secondary N) is 1. The van der Waals surface area contributed by atoms with Crippen molar-refractivity contribution in [2.75, 3.05) is 0 Å².